The molecular weight excluding hydrogens is 440 g/mol. The van der Waals surface area contributed by atoms with Gasteiger partial charge in [-0.25, -0.2) is 18.3 Å². The van der Waals surface area contributed by atoms with Crippen molar-refractivity contribution in [3.8, 4) is 0 Å². The number of allylic oxidation sites excluding steroid dienone is 1. The molecule has 2 aromatic rings. The van der Waals surface area contributed by atoms with Crippen molar-refractivity contribution in [3.63, 3.8) is 0 Å². The molecule has 0 aliphatic carbocycles. The summed E-state index contributed by atoms with van der Waals surface area (Å²) in [6.45, 7) is 1.93. The molecule has 0 spiro atoms. The quantitative estimate of drug-likeness (QED) is 0.446. The van der Waals surface area contributed by atoms with E-state index in [-0.39, 0.29) is 17.6 Å². The Balaban J connectivity index is 1.56. The van der Waals surface area contributed by atoms with Gasteiger partial charge in [-0.05, 0) is 79.6 Å². The summed E-state index contributed by atoms with van der Waals surface area (Å²) >= 11 is 0. The number of hydrogen-bond donors (Lipinski definition) is 1. The second kappa shape index (κ2) is 12.8. The number of nitrogens with one attached hydrogen (secondary N) is 1. The highest BCUT2D eigenvalue weighted by atomic mass is 19.1. The molecule has 4 rings (SSSR count). The summed E-state index contributed by atoms with van der Waals surface area (Å²) < 4.78 is 29.7. The minimum absolute atomic E-state index is 0.0289. The molecule has 1 N–H and O–H groups in total. The molecule has 2 aliphatic heterocycles. The van der Waals surface area contributed by atoms with E-state index in [1.807, 2.05) is 36.6 Å². The average molecular weight is 479 g/mol. The summed E-state index contributed by atoms with van der Waals surface area (Å²) in [6.07, 6.45) is 20.1. The number of benzene rings is 2. The van der Waals surface area contributed by atoms with Crippen LogP contribution in [0.1, 0.15) is 81.3 Å². The Hall–Kier alpha value is -2.82. The lowest BCUT2D eigenvalue weighted by atomic mass is 9.85. The minimum atomic E-state index is -0.439. The average Bonchev–Trinajstić information content (AvgIpc) is 3.35. The SMILES string of the molecule is Fc1ccc(C(CCC2([N+]3=CNCCCCCCCCCC3)C=CC=N2)c2ccc(F)cc2)cc1. The van der Waals surface area contributed by atoms with Crippen molar-refractivity contribution in [1.29, 1.82) is 0 Å². The Bertz CT molecular complexity index is 951. The van der Waals surface area contributed by atoms with Gasteiger partial charge in [-0.2, -0.15) is 0 Å². The fourth-order valence-corrected chi connectivity index (χ4v) is 5.26. The van der Waals surface area contributed by atoms with Crippen LogP contribution in [0.3, 0.4) is 0 Å². The Morgan fingerprint density at radius 2 is 1.37 bits per heavy atom. The van der Waals surface area contributed by atoms with Crippen LogP contribution in [-0.2, 0) is 0 Å². The third-order valence-corrected chi connectivity index (χ3v) is 7.31. The Morgan fingerprint density at radius 3 is 1.94 bits per heavy atom. The summed E-state index contributed by atoms with van der Waals surface area (Å²) in [6, 6.07) is 13.4. The maximum atomic E-state index is 13.7. The smallest absolute Gasteiger partial charge is 0.234 e. The molecule has 0 radical (unpaired) electrons. The second-order valence-corrected chi connectivity index (χ2v) is 9.82. The summed E-state index contributed by atoms with van der Waals surface area (Å²) in [5, 5.41) is 3.55. The Morgan fingerprint density at radius 1 is 0.800 bits per heavy atom. The van der Waals surface area contributed by atoms with Gasteiger partial charge in [0.15, 0.2) is 0 Å². The maximum Gasteiger partial charge on any atom is 0.234 e. The fourth-order valence-electron chi connectivity index (χ4n) is 5.26. The molecule has 0 saturated carbocycles. The van der Waals surface area contributed by atoms with Crippen molar-refractivity contribution in [1.82, 2.24) is 5.32 Å². The van der Waals surface area contributed by atoms with E-state index in [4.69, 9.17) is 4.99 Å². The summed E-state index contributed by atoms with van der Waals surface area (Å²) in [5.74, 6) is -0.467. The highest BCUT2D eigenvalue weighted by Crippen LogP contribution is 2.35. The first-order valence-electron chi connectivity index (χ1n) is 13.2. The van der Waals surface area contributed by atoms with Gasteiger partial charge >= 0.3 is 0 Å². The number of aliphatic imine (C=N–C) groups is 1. The molecule has 5 heteroatoms. The zero-order valence-corrected chi connectivity index (χ0v) is 20.6. The molecule has 1 atom stereocenters. The topological polar surface area (TPSA) is 27.4 Å². The number of rotatable bonds is 6. The molecule has 0 saturated heterocycles. The molecule has 0 fully saturated rings. The van der Waals surface area contributed by atoms with Gasteiger partial charge in [0.05, 0.1) is 13.1 Å². The van der Waals surface area contributed by atoms with Crippen LogP contribution in [-0.4, -0.2) is 35.9 Å². The normalized spacial score (nSPS) is 21.6. The molecule has 1 unspecified atom stereocenters. The van der Waals surface area contributed by atoms with Crippen LogP contribution < -0.4 is 5.32 Å². The zero-order valence-electron chi connectivity index (χ0n) is 20.6. The first kappa shape index (κ1) is 25.3. The van der Waals surface area contributed by atoms with Crippen molar-refractivity contribution in [2.45, 2.75) is 75.8 Å². The molecule has 0 bridgehead atoms. The van der Waals surface area contributed by atoms with Crippen molar-refractivity contribution >= 4 is 12.6 Å². The highest BCUT2D eigenvalue weighted by Gasteiger charge is 2.36. The fraction of sp³-hybridized carbons (Fsp3) is 0.467. The van der Waals surface area contributed by atoms with Crippen LogP contribution in [0.4, 0.5) is 8.78 Å². The van der Waals surface area contributed by atoms with E-state index in [9.17, 15) is 8.78 Å². The van der Waals surface area contributed by atoms with Crippen LogP contribution in [0.15, 0.2) is 65.7 Å². The molecule has 3 nitrogen and oxygen atoms in total. The van der Waals surface area contributed by atoms with Gasteiger partial charge < -0.3 is 0 Å². The molecule has 2 heterocycles. The number of hydrogen-bond acceptors (Lipinski definition) is 2. The highest BCUT2D eigenvalue weighted by molar-refractivity contribution is 5.75. The first-order chi connectivity index (χ1) is 17.2. The van der Waals surface area contributed by atoms with Crippen LogP contribution >= 0.6 is 0 Å². The lowest BCUT2D eigenvalue weighted by molar-refractivity contribution is -0.593. The number of nitrogens with zero attached hydrogens (tertiary/aromatic N) is 2. The van der Waals surface area contributed by atoms with E-state index in [2.05, 4.69) is 22.3 Å². The molecular formula is C30H38F2N3+. The third-order valence-electron chi connectivity index (χ3n) is 7.31. The van der Waals surface area contributed by atoms with Gasteiger partial charge in [-0.3, -0.25) is 5.32 Å². The van der Waals surface area contributed by atoms with E-state index in [0.29, 0.717) is 0 Å². The van der Waals surface area contributed by atoms with E-state index < -0.39 is 5.66 Å². The molecule has 2 aliphatic rings. The van der Waals surface area contributed by atoms with Gasteiger partial charge in [0.25, 0.3) is 0 Å². The number of halogens is 2. The Kier molecular flexibility index (Phi) is 9.21. The molecule has 186 valence electrons. The maximum absolute atomic E-state index is 13.7. The summed E-state index contributed by atoms with van der Waals surface area (Å²) in [5.41, 5.74) is 1.63. The summed E-state index contributed by atoms with van der Waals surface area (Å²) in [4.78, 5) is 4.96. The lowest BCUT2D eigenvalue weighted by Crippen LogP contribution is -2.42. The molecule has 0 amide bonds. The van der Waals surface area contributed by atoms with Gasteiger partial charge in [0.1, 0.15) is 11.6 Å². The second-order valence-electron chi connectivity index (χ2n) is 9.82. The van der Waals surface area contributed by atoms with E-state index in [0.717, 1.165) is 43.5 Å². The van der Waals surface area contributed by atoms with Crippen LogP contribution in [0.2, 0.25) is 0 Å². The van der Waals surface area contributed by atoms with Gasteiger partial charge in [-0.1, -0.05) is 49.9 Å². The molecule has 0 aromatic heterocycles. The van der Waals surface area contributed by atoms with Crippen molar-refractivity contribution in [2.24, 2.45) is 4.99 Å². The summed E-state index contributed by atoms with van der Waals surface area (Å²) in [7, 11) is 0. The lowest BCUT2D eigenvalue weighted by Gasteiger charge is -2.28. The van der Waals surface area contributed by atoms with Crippen LogP contribution in [0, 0.1) is 11.6 Å². The standard InChI is InChI=1S/C30H37F2N3/c31-27-14-10-25(11-15-27)29(26-12-16-28(32)17-13-26)18-20-30(19-9-22-34-30)35-23-8-6-4-2-1-3-5-7-21-33-24-35/h9-17,19,22,24,29H,1-8,18,20-21,23H2/p+1. The van der Waals surface area contributed by atoms with Crippen LogP contribution in [0.5, 0.6) is 0 Å². The largest absolute Gasteiger partial charge is 0.281 e. The predicted octanol–water partition coefficient (Wildman–Crippen LogP) is 6.98. The van der Waals surface area contributed by atoms with Crippen molar-refractivity contribution in [3.05, 3.63) is 83.4 Å². The minimum Gasteiger partial charge on any atom is -0.281 e. The van der Waals surface area contributed by atoms with Gasteiger partial charge in [-0.15, -0.1) is 0 Å². The predicted molar refractivity (Wildman–Crippen MR) is 140 cm³/mol. The van der Waals surface area contributed by atoms with Gasteiger partial charge in [0.2, 0.25) is 12.0 Å². The molecule has 35 heavy (non-hydrogen) atoms. The van der Waals surface area contributed by atoms with E-state index in [1.165, 1.54) is 69.2 Å². The van der Waals surface area contributed by atoms with Crippen molar-refractivity contribution in [2.75, 3.05) is 13.1 Å². The van der Waals surface area contributed by atoms with Crippen molar-refractivity contribution < 1.29 is 13.4 Å². The van der Waals surface area contributed by atoms with E-state index in [1.54, 1.807) is 0 Å². The third kappa shape index (κ3) is 7.09. The van der Waals surface area contributed by atoms with E-state index >= 15 is 0 Å². The first-order valence-corrected chi connectivity index (χ1v) is 13.2. The Labute approximate surface area is 208 Å². The van der Waals surface area contributed by atoms with Gasteiger partial charge in [0, 0.05) is 18.6 Å². The zero-order chi connectivity index (χ0) is 24.3. The molecule has 2 aromatic carbocycles. The van der Waals surface area contributed by atoms with Crippen LogP contribution in [0.25, 0.3) is 0 Å². The monoisotopic (exact) mass is 478 g/mol.